The summed E-state index contributed by atoms with van der Waals surface area (Å²) in [5, 5.41) is 8.35. The van der Waals surface area contributed by atoms with Crippen LogP contribution in [0.25, 0.3) is 0 Å². The van der Waals surface area contributed by atoms with Crippen LogP contribution < -0.4 is 5.59 Å². The Kier molecular flexibility index (Phi) is 2.80. The van der Waals surface area contributed by atoms with Gasteiger partial charge in [-0.1, -0.05) is 20.3 Å². The van der Waals surface area contributed by atoms with Crippen LogP contribution in [0.2, 0.25) is 0 Å². The average molecular weight is 202 g/mol. The molecule has 2 heterocycles. The molecule has 1 aromatic rings. The molecule has 1 aliphatic heterocycles. The molecule has 5 heteroatoms. The summed E-state index contributed by atoms with van der Waals surface area (Å²) in [6.07, 6.45) is 2.24. The van der Waals surface area contributed by atoms with Gasteiger partial charge < -0.3 is 0 Å². The molecule has 0 amide bonds. The van der Waals surface area contributed by atoms with Crippen molar-refractivity contribution in [2.75, 3.05) is 0 Å². The van der Waals surface area contributed by atoms with Crippen LogP contribution in [0.1, 0.15) is 45.4 Å². The van der Waals surface area contributed by atoms with Crippen LogP contribution in [0.3, 0.4) is 0 Å². The Labute approximate surface area is 90.5 Å². The molecule has 15 heavy (non-hydrogen) atoms. The monoisotopic (exact) mass is 202 g/mol. The van der Waals surface area contributed by atoms with Crippen molar-refractivity contribution in [2.24, 2.45) is 4.99 Å². The zero-order chi connectivity index (χ0) is 10.8. The van der Waals surface area contributed by atoms with E-state index in [0.29, 0.717) is 5.92 Å². The maximum Gasteiger partial charge on any atom is 0.242 e. The maximum absolute atomic E-state index is 4.46. The fraction of sp³-hybridized carbons (Fsp3) is 0.600. The van der Waals surface area contributed by atoms with Gasteiger partial charge in [0.15, 0.2) is 11.6 Å². The lowest BCUT2D eigenvalue weighted by atomic mass is 9.72. The zero-order valence-corrected chi connectivity index (χ0v) is 9.49. The van der Waals surface area contributed by atoms with Gasteiger partial charge in [-0.3, -0.25) is 0 Å². The first-order valence-corrected chi connectivity index (χ1v) is 5.48. The van der Waals surface area contributed by atoms with Crippen LogP contribution in [-0.2, 0) is 0 Å². The van der Waals surface area contributed by atoms with E-state index < -0.39 is 0 Å². The van der Waals surface area contributed by atoms with Gasteiger partial charge in [-0.25, -0.2) is 9.98 Å². The third kappa shape index (κ3) is 2.06. The Morgan fingerprint density at radius 1 is 1.33 bits per heavy atom. The van der Waals surface area contributed by atoms with Crippen molar-refractivity contribution in [3.05, 3.63) is 5.82 Å². The van der Waals surface area contributed by atoms with Crippen molar-refractivity contribution in [1.82, 2.24) is 15.2 Å². The molecule has 1 unspecified atom stereocenters. The molecule has 1 aromatic heterocycles. The summed E-state index contributed by atoms with van der Waals surface area (Å²) in [7, 11) is 0.803. The van der Waals surface area contributed by atoms with Gasteiger partial charge in [0.25, 0.3) is 0 Å². The van der Waals surface area contributed by atoms with Crippen LogP contribution in [-0.4, -0.2) is 28.1 Å². The van der Waals surface area contributed by atoms with Crippen LogP contribution in [0, 0.1) is 0 Å². The summed E-state index contributed by atoms with van der Waals surface area (Å²) in [4.78, 5) is 8.82. The summed E-state index contributed by atoms with van der Waals surface area (Å²) in [5.41, 5.74) is 1.99. The zero-order valence-electron chi connectivity index (χ0n) is 9.49. The molecule has 0 spiro atoms. The van der Waals surface area contributed by atoms with Crippen LogP contribution in [0.5, 0.6) is 0 Å². The van der Waals surface area contributed by atoms with Crippen molar-refractivity contribution in [3.8, 4) is 0 Å². The molecule has 0 radical (unpaired) electrons. The highest BCUT2D eigenvalue weighted by Crippen LogP contribution is 2.18. The van der Waals surface area contributed by atoms with Gasteiger partial charge in [-0.15, -0.1) is 5.10 Å². The highest BCUT2D eigenvalue weighted by Gasteiger charge is 2.19. The van der Waals surface area contributed by atoms with Gasteiger partial charge in [-0.05, 0) is 19.0 Å². The smallest absolute Gasteiger partial charge is 0.242 e. The lowest BCUT2D eigenvalue weighted by Gasteiger charge is -2.07. The lowest BCUT2D eigenvalue weighted by molar-refractivity contribution is 0.616. The summed E-state index contributed by atoms with van der Waals surface area (Å²) >= 11 is 0. The number of aliphatic imine (C=N–C) groups is 1. The first-order chi connectivity index (χ1) is 7.20. The quantitative estimate of drug-likeness (QED) is 0.684. The van der Waals surface area contributed by atoms with Gasteiger partial charge in [0.2, 0.25) is 7.28 Å². The standard InChI is InChI=1S/C10H15BN4/c1-4-5-6(2)9-13-10-8(14-15-9)11-7(3)12-10/h6,11H,4-5H2,1-3H3. The Bertz CT molecular complexity index is 402. The minimum absolute atomic E-state index is 0.379. The summed E-state index contributed by atoms with van der Waals surface area (Å²) in [6.45, 7) is 6.30. The van der Waals surface area contributed by atoms with Crippen LogP contribution in [0.15, 0.2) is 4.99 Å². The number of fused-ring (bicyclic) bond motifs is 1. The van der Waals surface area contributed by atoms with Gasteiger partial charge in [0.05, 0.1) is 5.59 Å². The normalized spacial score (nSPS) is 15.5. The molecule has 0 bridgehead atoms. The lowest BCUT2D eigenvalue weighted by Crippen LogP contribution is -2.22. The highest BCUT2D eigenvalue weighted by molar-refractivity contribution is 6.87. The van der Waals surface area contributed by atoms with E-state index >= 15 is 0 Å². The number of rotatable bonds is 3. The van der Waals surface area contributed by atoms with Gasteiger partial charge in [-0.2, -0.15) is 5.10 Å². The second kappa shape index (κ2) is 4.09. The average Bonchev–Trinajstić information content (AvgIpc) is 2.57. The Morgan fingerprint density at radius 3 is 2.87 bits per heavy atom. The number of aromatic nitrogens is 3. The van der Waals surface area contributed by atoms with Crippen molar-refractivity contribution in [3.63, 3.8) is 0 Å². The molecule has 0 saturated heterocycles. The van der Waals surface area contributed by atoms with E-state index in [0.717, 1.165) is 43.0 Å². The molecule has 1 aliphatic rings. The van der Waals surface area contributed by atoms with E-state index in [1.54, 1.807) is 0 Å². The number of hydrogen-bond acceptors (Lipinski definition) is 4. The Hall–Kier alpha value is -1.26. The SMILES string of the molecule is CCCC(C)c1nnc2c(n1)N=C(C)B2. The number of nitrogens with zero attached hydrogens (tertiary/aromatic N) is 4. The molecule has 4 nitrogen and oxygen atoms in total. The van der Waals surface area contributed by atoms with E-state index in [4.69, 9.17) is 0 Å². The largest absolute Gasteiger partial charge is 0.247 e. The third-order valence-electron chi connectivity index (χ3n) is 2.63. The van der Waals surface area contributed by atoms with Crippen molar-refractivity contribution in [2.45, 2.75) is 39.5 Å². The topological polar surface area (TPSA) is 51.0 Å². The maximum atomic E-state index is 4.46. The molecular formula is C10H15BN4. The molecular weight excluding hydrogens is 187 g/mol. The summed E-state index contributed by atoms with van der Waals surface area (Å²) in [6, 6.07) is 0. The first kappa shape index (κ1) is 10.3. The number of hydrogen-bond donors (Lipinski definition) is 0. The second-order valence-corrected chi connectivity index (χ2v) is 4.15. The molecule has 0 fully saturated rings. The molecule has 2 rings (SSSR count). The molecule has 78 valence electrons. The van der Waals surface area contributed by atoms with E-state index in [9.17, 15) is 0 Å². The summed E-state index contributed by atoms with van der Waals surface area (Å²) in [5.74, 6) is 1.98. The Morgan fingerprint density at radius 2 is 2.13 bits per heavy atom. The highest BCUT2D eigenvalue weighted by atomic mass is 15.2. The van der Waals surface area contributed by atoms with Gasteiger partial charge >= 0.3 is 0 Å². The van der Waals surface area contributed by atoms with Crippen LogP contribution >= 0.6 is 0 Å². The fourth-order valence-corrected chi connectivity index (χ4v) is 1.79. The molecule has 0 aromatic carbocycles. The molecule has 1 atom stereocenters. The van der Waals surface area contributed by atoms with Crippen molar-refractivity contribution < 1.29 is 0 Å². The van der Waals surface area contributed by atoms with Gasteiger partial charge in [0.1, 0.15) is 0 Å². The van der Waals surface area contributed by atoms with Crippen LogP contribution in [0.4, 0.5) is 5.82 Å². The first-order valence-electron chi connectivity index (χ1n) is 5.48. The van der Waals surface area contributed by atoms with E-state index in [1.807, 2.05) is 6.92 Å². The van der Waals surface area contributed by atoms with Crippen molar-refractivity contribution >= 4 is 24.3 Å². The minimum Gasteiger partial charge on any atom is -0.247 e. The van der Waals surface area contributed by atoms with E-state index in [1.165, 1.54) is 0 Å². The molecule has 0 saturated carbocycles. The molecule has 0 aliphatic carbocycles. The second-order valence-electron chi connectivity index (χ2n) is 4.15. The van der Waals surface area contributed by atoms with Gasteiger partial charge in [0, 0.05) is 5.92 Å². The predicted octanol–water partition coefficient (Wildman–Crippen LogP) is 0.900. The predicted molar refractivity (Wildman–Crippen MR) is 62.7 cm³/mol. The fourth-order valence-electron chi connectivity index (χ4n) is 1.79. The molecule has 0 N–H and O–H groups in total. The van der Waals surface area contributed by atoms with Crippen molar-refractivity contribution in [1.29, 1.82) is 0 Å². The summed E-state index contributed by atoms with van der Waals surface area (Å²) < 4.78 is 0. The van der Waals surface area contributed by atoms with E-state index in [-0.39, 0.29) is 0 Å². The third-order valence-corrected chi connectivity index (χ3v) is 2.63. The Balaban J connectivity index is 2.25. The minimum atomic E-state index is 0.379. The van der Waals surface area contributed by atoms with E-state index in [2.05, 4.69) is 34.0 Å².